The third-order valence-corrected chi connectivity index (χ3v) is 2.31. The van der Waals surface area contributed by atoms with Gasteiger partial charge in [-0.05, 0) is 24.1 Å². The number of alkyl halides is 3. The van der Waals surface area contributed by atoms with E-state index in [1.54, 1.807) is 12.2 Å². The molecule has 1 N–H and O–H groups in total. The molecular weight excluding hydrogens is 285 g/mol. The minimum Gasteiger partial charge on any atom is -0.481 e. The van der Waals surface area contributed by atoms with Crippen molar-refractivity contribution in [3.05, 3.63) is 34.9 Å². The van der Waals surface area contributed by atoms with Crippen LogP contribution in [0.25, 0.3) is 6.08 Å². The highest BCUT2D eigenvalue weighted by Crippen LogP contribution is 2.31. The molecule has 0 aliphatic carbocycles. The molecule has 0 aliphatic heterocycles. The van der Waals surface area contributed by atoms with Crippen LogP contribution in [-0.2, 0) is 4.79 Å². The van der Waals surface area contributed by atoms with Crippen molar-refractivity contribution in [2.45, 2.75) is 19.2 Å². The first-order chi connectivity index (χ1) is 8.78. The van der Waals surface area contributed by atoms with Crippen molar-refractivity contribution in [3.8, 4) is 5.75 Å². The van der Waals surface area contributed by atoms with Gasteiger partial charge in [0.1, 0.15) is 5.75 Å². The Hall–Kier alpha value is -1.69. The molecule has 0 atom stereocenters. The van der Waals surface area contributed by atoms with Gasteiger partial charge in [-0.25, -0.2) is 0 Å². The van der Waals surface area contributed by atoms with Gasteiger partial charge in [-0.15, -0.1) is 13.2 Å². The molecule has 1 rings (SSSR count). The first-order valence-electron chi connectivity index (χ1n) is 5.21. The summed E-state index contributed by atoms with van der Waals surface area (Å²) in [4.78, 5) is 10.3. The van der Waals surface area contributed by atoms with E-state index in [2.05, 4.69) is 4.74 Å². The number of halogens is 4. The Labute approximate surface area is 112 Å². The van der Waals surface area contributed by atoms with Crippen LogP contribution < -0.4 is 4.74 Å². The number of hydrogen-bond acceptors (Lipinski definition) is 2. The monoisotopic (exact) mass is 294 g/mol. The summed E-state index contributed by atoms with van der Waals surface area (Å²) in [5.74, 6) is -1.39. The molecular formula is C12H10ClF3O3. The number of carbonyl (C=O) groups is 1. The molecule has 0 saturated carbocycles. The number of allylic oxidation sites excluding steroid dienone is 1. The lowest BCUT2D eigenvalue weighted by Crippen LogP contribution is -2.17. The Kier molecular flexibility index (Phi) is 5.23. The number of hydrogen-bond donors (Lipinski definition) is 1. The van der Waals surface area contributed by atoms with Crippen LogP contribution in [0.3, 0.4) is 0 Å². The molecule has 0 radical (unpaired) electrons. The molecule has 0 saturated heterocycles. The average molecular weight is 295 g/mol. The number of ether oxygens (including phenoxy) is 1. The Morgan fingerprint density at radius 1 is 1.42 bits per heavy atom. The maximum absolute atomic E-state index is 12.0. The summed E-state index contributed by atoms with van der Waals surface area (Å²) < 4.78 is 39.7. The highest BCUT2D eigenvalue weighted by Gasteiger charge is 2.31. The lowest BCUT2D eigenvalue weighted by Gasteiger charge is -2.10. The quantitative estimate of drug-likeness (QED) is 0.888. The fourth-order valence-electron chi connectivity index (χ4n) is 1.25. The first kappa shape index (κ1) is 15.4. The fraction of sp³-hybridized carbons (Fsp3) is 0.250. The van der Waals surface area contributed by atoms with Gasteiger partial charge in [-0.3, -0.25) is 4.79 Å². The van der Waals surface area contributed by atoms with Gasteiger partial charge in [0.05, 0.1) is 5.02 Å². The fourth-order valence-corrected chi connectivity index (χ4v) is 1.48. The molecule has 19 heavy (non-hydrogen) atoms. The van der Waals surface area contributed by atoms with Crippen molar-refractivity contribution in [3.63, 3.8) is 0 Å². The van der Waals surface area contributed by atoms with E-state index in [1.165, 1.54) is 12.1 Å². The Balaban J connectivity index is 2.69. The third-order valence-electron chi connectivity index (χ3n) is 2.02. The summed E-state index contributed by atoms with van der Waals surface area (Å²) in [6.45, 7) is 0. The smallest absolute Gasteiger partial charge is 0.481 e. The lowest BCUT2D eigenvalue weighted by atomic mass is 10.2. The van der Waals surface area contributed by atoms with Crippen molar-refractivity contribution < 1.29 is 27.8 Å². The first-order valence-corrected chi connectivity index (χ1v) is 5.59. The Morgan fingerprint density at radius 2 is 2.11 bits per heavy atom. The van der Waals surface area contributed by atoms with Crippen LogP contribution in [0.1, 0.15) is 18.4 Å². The van der Waals surface area contributed by atoms with Crippen LogP contribution in [0.15, 0.2) is 24.3 Å². The average Bonchev–Trinajstić information content (AvgIpc) is 2.26. The standard InChI is InChI=1S/C12H10ClF3O3/c13-9-7-8(3-1-2-4-11(17)18)5-6-10(9)19-12(14,15)16/h1,3,5-7H,2,4H2,(H,17,18). The summed E-state index contributed by atoms with van der Waals surface area (Å²) in [7, 11) is 0. The Morgan fingerprint density at radius 3 is 2.63 bits per heavy atom. The van der Waals surface area contributed by atoms with Crippen LogP contribution in [0.5, 0.6) is 5.75 Å². The van der Waals surface area contributed by atoms with Gasteiger partial charge in [0, 0.05) is 6.42 Å². The minimum atomic E-state index is -4.79. The van der Waals surface area contributed by atoms with Gasteiger partial charge in [0.25, 0.3) is 0 Å². The van der Waals surface area contributed by atoms with Gasteiger partial charge in [0.15, 0.2) is 0 Å². The summed E-state index contributed by atoms with van der Waals surface area (Å²) in [5, 5.41) is 8.25. The molecule has 1 aromatic rings. The zero-order chi connectivity index (χ0) is 14.5. The van der Waals surface area contributed by atoms with Gasteiger partial charge in [-0.1, -0.05) is 29.8 Å². The molecule has 0 heterocycles. The van der Waals surface area contributed by atoms with E-state index in [0.29, 0.717) is 12.0 Å². The number of aliphatic carboxylic acids is 1. The second kappa shape index (κ2) is 6.47. The Bertz CT molecular complexity index is 484. The zero-order valence-electron chi connectivity index (χ0n) is 9.58. The predicted molar refractivity (Wildman–Crippen MR) is 64.0 cm³/mol. The van der Waals surface area contributed by atoms with Gasteiger partial charge < -0.3 is 9.84 Å². The molecule has 0 fully saturated rings. The summed E-state index contributed by atoms with van der Waals surface area (Å²) >= 11 is 5.65. The van der Waals surface area contributed by atoms with E-state index < -0.39 is 18.1 Å². The highest BCUT2D eigenvalue weighted by atomic mass is 35.5. The van der Waals surface area contributed by atoms with Crippen molar-refractivity contribution >= 4 is 23.6 Å². The maximum atomic E-state index is 12.0. The highest BCUT2D eigenvalue weighted by molar-refractivity contribution is 6.32. The number of benzene rings is 1. The van der Waals surface area contributed by atoms with Crippen LogP contribution in [0, 0.1) is 0 Å². The molecule has 0 aromatic heterocycles. The normalized spacial score (nSPS) is 11.8. The molecule has 0 amide bonds. The van der Waals surface area contributed by atoms with E-state index >= 15 is 0 Å². The van der Waals surface area contributed by atoms with Gasteiger partial charge in [-0.2, -0.15) is 0 Å². The molecule has 7 heteroatoms. The molecule has 104 valence electrons. The van der Waals surface area contributed by atoms with Crippen LogP contribution in [0.4, 0.5) is 13.2 Å². The molecule has 1 aromatic carbocycles. The zero-order valence-corrected chi connectivity index (χ0v) is 10.3. The van der Waals surface area contributed by atoms with Crippen molar-refractivity contribution in [1.29, 1.82) is 0 Å². The van der Waals surface area contributed by atoms with Crippen LogP contribution in [-0.4, -0.2) is 17.4 Å². The lowest BCUT2D eigenvalue weighted by molar-refractivity contribution is -0.274. The third kappa shape index (κ3) is 6.15. The van der Waals surface area contributed by atoms with E-state index in [-0.39, 0.29) is 11.4 Å². The van der Waals surface area contributed by atoms with E-state index in [0.717, 1.165) is 6.07 Å². The van der Waals surface area contributed by atoms with E-state index in [9.17, 15) is 18.0 Å². The second-order valence-corrected chi connectivity index (χ2v) is 3.98. The van der Waals surface area contributed by atoms with Crippen LogP contribution >= 0.6 is 11.6 Å². The summed E-state index contributed by atoms with van der Waals surface area (Å²) in [6, 6.07) is 3.80. The number of rotatable bonds is 5. The van der Waals surface area contributed by atoms with Crippen LogP contribution in [0.2, 0.25) is 5.02 Å². The molecule has 0 bridgehead atoms. The van der Waals surface area contributed by atoms with Crippen molar-refractivity contribution in [1.82, 2.24) is 0 Å². The number of carboxylic acids is 1. The minimum absolute atomic E-state index is 0.0144. The van der Waals surface area contributed by atoms with Crippen molar-refractivity contribution in [2.75, 3.05) is 0 Å². The molecule has 0 aliphatic rings. The topological polar surface area (TPSA) is 46.5 Å². The predicted octanol–water partition coefficient (Wildman–Crippen LogP) is 4.12. The summed E-state index contributed by atoms with van der Waals surface area (Å²) in [6.07, 6.45) is -1.30. The van der Waals surface area contributed by atoms with E-state index in [4.69, 9.17) is 16.7 Å². The largest absolute Gasteiger partial charge is 0.573 e. The van der Waals surface area contributed by atoms with E-state index in [1.807, 2.05) is 0 Å². The molecule has 0 spiro atoms. The van der Waals surface area contributed by atoms with Crippen molar-refractivity contribution in [2.24, 2.45) is 0 Å². The molecule has 0 unspecified atom stereocenters. The molecule has 3 nitrogen and oxygen atoms in total. The maximum Gasteiger partial charge on any atom is 0.573 e. The summed E-state index contributed by atoms with van der Waals surface area (Å²) in [5.41, 5.74) is 0.560. The SMILES string of the molecule is O=C(O)CCC=Cc1ccc(OC(F)(F)F)c(Cl)c1. The van der Waals surface area contributed by atoms with Gasteiger partial charge in [0.2, 0.25) is 0 Å². The number of carboxylic acid groups (broad SMARTS) is 1. The van der Waals surface area contributed by atoms with Gasteiger partial charge >= 0.3 is 12.3 Å². The second-order valence-electron chi connectivity index (χ2n) is 3.57.